The van der Waals surface area contributed by atoms with Crippen LogP contribution >= 0.6 is 11.3 Å². The molecular formula is C18H19F2N5S. The molecule has 0 bridgehead atoms. The van der Waals surface area contributed by atoms with Crippen LogP contribution in [0.25, 0.3) is 10.9 Å². The quantitative estimate of drug-likeness (QED) is 0.692. The fourth-order valence-electron chi connectivity index (χ4n) is 3.33. The molecule has 26 heavy (non-hydrogen) atoms. The molecule has 1 saturated heterocycles. The highest BCUT2D eigenvalue weighted by atomic mass is 32.1. The van der Waals surface area contributed by atoms with Gasteiger partial charge in [0.15, 0.2) is 5.82 Å². The molecule has 0 aliphatic carbocycles. The maximum absolute atomic E-state index is 13.2. The van der Waals surface area contributed by atoms with Gasteiger partial charge in [0, 0.05) is 43.1 Å². The third kappa shape index (κ3) is 3.26. The first kappa shape index (κ1) is 17.2. The number of anilines is 1. The van der Waals surface area contributed by atoms with E-state index in [0.717, 1.165) is 36.6 Å². The van der Waals surface area contributed by atoms with E-state index >= 15 is 0 Å². The first-order valence-corrected chi connectivity index (χ1v) is 9.44. The van der Waals surface area contributed by atoms with Gasteiger partial charge in [-0.1, -0.05) is 12.1 Å². The largest absolute Gasteiger partial charge is 0.353 e. The summed E-state index contributed by atoms with van der Waals surface area (Å²) in [7, 11) is 0. The van der Waals surface area contributed by atoms with E-state index in [9.17, 15) is 8.78 Å². The highest BCUT2D eigenvalue weighted by Crippen LogP contribution is 2.29. The van der Waals surface area contributed by atoms with Gasteiger partial charge in [-0.15, -0.1) is 11.3 Å². The molecule has 1 unspecified atom stereocenters. The lowest BCUT2D eigenvalue weighted by atomic mass is 10.2. The molecule has 0 N–H and O–H groups in total. The third-order valence-electron chi connectivity index (χ3n) is 4.77. The second-order valence-corrected chi connectivity index (χ2v) is 7.22. The van der Waals surface area contributed by atoms with Crippen molar-refractivity contribution in [2.45, 2.75) is 19.4 Å². The Morgan fingerprint density at radius 1 is 1.08 bits per heavy atom. The van der Waals surface area contributed by atoms with Crippen molar-refractivity contribution in [3.63, 3.8) is 0 Å². The van der Waals surface area contributed by atoms with Crippen molar-refractivity contribution in [3.8, 4) is 0 Å². The molecule has 4 rings (SSSR count). The Bertz CT molecular complexity index is 878. The van der Waals surface area contributed by atoms with Gasteiger partial charge in [-0.05, 0) is 19.1 Å². The van der Waals surface area contributed by atoms with Gasteiger partial charge in [-0.25, -0.2) is 23.7 Å². The normalized spacial score (nSPS) is 17.2. The van der Waals surface area contributed by atoms with Gasteiger partial charge in [0.2, 0.25) is 0 Å². The molecule has 0 spiro atoms. The SMILES string of the molecule is CC(c1nccs1)N1CCN(c2nc(C(F)F)nc3ccccc23)CC1. The standard InChI is InChI=1S/C18H19F2N5S/c1-12(18-21-6-11-26-18)24-7-9-25(10-8-24)17-13-4-2-3-5-14(13)22-16(23-17)15(19)20/h2-6,11-12,15H,7-10H2,1H3. The molecule has 0 radical (unpaired) electrons. The summed E-state index contributed by atoms with van der Waals surface area (Å²) >= 11 is 1.66. The fourth-order valence-corrected chi connectivity index (χ4v) is 4.06. The molecule has 1 fully saturated rings. The number of thiazole rings is 1. The van der Waals surface area contributed by atoms with Crippen LogP contribution in [0.1, 0.15) is 30.2 Å². The number of alkyl halides is 2. The minimum atomic E-state index is -2.68. The molecule has 0 saturated carbocycles. The van der Waals surface area contributed by atoms with Crippen LogP contribution in [0.5, 0.6) is 0 Å². The Morgan fingerprint density at radius 2 is 1.85 bits per heavy atom. The summed E-state index contributed by atoms with van der Waals surface area (Å²) in [5.41, 5.74) is 0.561. The molecule has 3 aromatic rings. The molecule has 8 heteroatoms. The Balaban J connectivity index is 1.57. The van der Waals surface area contributed by atoms with E-state index in [0.29, 0.717) is 11.3 Å². The predicted octanol–water partition coefficient (Wildman–Crippen LogP) is 3.91. The summed E-state index contributed by atoms with van der Waals surface area (Å²) in [5.74, 6) is 0.199. The molecule has 2 aromatic heterocycles. The van der Waals surface area contributed by atoms with E-state index in [1.54, 1.807) is 17.4 Å². The second-order valence-electron chi connectivity index (χ2n) is 6.29. The number of piperazine rings is 1. The average molecular weight is 375 g/mol. The molecule has 0 amide bonds. The van der Waals surface area contributed by atoms with E-state index in [-0.39, 0.29) is 6.04 Å². The number of aromatic nitrogens is 3. The van der Waals surface area contributed by atoms with Gasteiger partial charge in [0.25, 0.3) is 6.43 Å². The zero-order valence-corrected chi connectivity index (χ0v) is 15.2. The van der Waals surface area contributed by atoms with Crippen molar-refractivity contribution in [1.29, 1.82) is 0 Å². The van der Waals surface area contributed by atoms with E-state index < -0.39 is 12.2 Å². The molecule has 3 heterocycles. The number of benzene rings is 1. The highest BCUT2D eigenvalue weighted by molar-refractivity contribution is 7.09. The molecule has 5 nitrogen and oxygen atoms in total. The van der Waals surface area contributed by atoms with Gasteiger partial charge < -0.3 is 4.90 Å². The Kier molecular flexibility index (Phi) is 4.78. The average Bonchev–Trinajstić information content (AvgIpc) is 3.21. The molecular weight excluding hydrogens is 356 g/mol. The zero-order chi connectivity index (χ0) is 18.1. The van der Waals surface area contributed by atoms with Crippen LogP contribution in [0.2, 0.25) is 0 Å². The number of hydrogen-bond donors (Lipinski definition) is 0. The summed E-state index contributed by atoms with van der Waals surface area (Å²) in [4.78, 5) is 17.0. The van der Waals surface area contributed by atoms with Gasteiger partial charge >= 0.3 is 0 Å². The van der Waals surface area contributed by atoms with Crippen LogP contribution < -0.4 is 4.90 Å². The van der Waals surface area contributed by atoms with Crippen molar-refractivity contribution in [2.75, 3.05) is 31.1 Å². The number of nitrogens with zero attached hydrogens (tertiary/aromatic N) is 5. The van der Waals surface area contributed by atoms with Crippen LogP contribution in [0.15, 0.2) is 35.8 Å². The summed E-state index contributed by atoms with van der Waals surface area (Å²) < 4.78 is 26.4. The number of fused-ring (bicyclic) bond motifs is 1. The van der Waals surface area contributed by atoms with Gasteiger partial charge in [0.05, 0.1) is 11.6 Å². The predicted molar refractivity (Wildman–Crippen MR) is 98.8 cm³/mol. The maximum atomic E-state index is 13.2. The van der Waals surface area contributed by atoms with Gasteiger partial charge in [-0.2, -0.15) is 0 Å². The van der Waals surface area contributed by atoms with Crippen LogP contribution in [0.4, 0.5) is 14.6 Å². The van der Waals surface area contributed by atoms with Crippen molar-refractivity contribution in [1.82, 2.24) is 19.9 Å². The Hall–Kier alpha value is -2.19. The molecule has 1 aromatic carbocycles. The minimum absolute atomic E-state index is 0.260. The van der Waals surface area contributed by atoms with Crippen LogP contribution in [-0.4, -0.2) is 46.0 Å². The van der Waals surface area contributed by atoms with Crippen LogP contribution in [-0.2, 0) is 0 Å². The van der Waals surface area contributed by atoms with E-state index in [1.807, 2.05) is 29.8 Å². The first-order chi connectivity index (χ1) is 12.6. The van der Waals surface area contributed by atoms with Crippen molar-refractivity contribution >= 4 is 28.1 Å². The lowest BCUT2D eigenvalue weighted by Gasteiger charge is -2.38. The third-order valence-corrected chi connectivity index (χ3v) is 5.71. The lowest BCUT2D eigenvalue weighted by Crippen LogP contribution is -2.47. The first-order valence-electron chi connectivity index (χ1n) is 8.56. The summed E-state index contributed by atoms with van der Waals surface area (Å²) in [6.45, 7) is 5.30. The second kappa shape index (κ2) is 7.20. The fraction of sp³-hybridized carbons (Fsp3) is 0.389. The number of hydrogen-bond acceptors (Lipinski definition) is 6. The lowest BCUT2D eigenvalue weighted by molar-refractivity contribution is 0.140. The highest BCUT2D eigenvalue weighted by Gasteiger charge is 2.26. The van der Waals surface area contributed by atoms with Crippen molar-refractivity contribution in [2.24, 2.45) is 0 Å². The summed E-state index contributed by atoms with van der Waals surface area (Å²) in [5, 5.41) is 3.91. The molecule has 1 aliphatic rings. The topological polar surface area (TPSA) is 45.2 Å². The maximum Gasteiger partial charge on any atom is 0.297 e. The van der Waals surface area contributed by atoms with E-state index in [2.05, 4.69) is 31.7 Å². The van der Waals surface area contributed by atoms with Crippen LogP contribution in [0.3, 0.4) is 0 Å². The summed E-state index contributed by atoms with van der Waals surface area (Å²) in [6.07, 6.45) is -0.851. The zero-order valence-electron chi connectivity index (χ0n) is 14.3. The van der Waals surface area contributed by atoms with Gasteiger partial charge in [-0.3, -0.25) is 4.90 Å². The van der Waals surface area contributed by atoms with Gasteiger partial charge in [0.1, 0.15) is 10.8 Å². The Labute approximate surface area is 154 Å². The molecule has 136 valence electrons. The van der Waals surface area contributed by atoms with Crippen molar-refractivity contribution < 1.29 is 8.78 Å². The molecule has 1 aliphatic heterocycles. The molecule has 1 atom stereocenters. The van der Waals surface area contributed by atoms with Crippen LogP contribution in [0, 0.1) is 0 Å². The van der Waals surface area contributed by atoms with E-state index in [1.165, 1.54) is 0 Å². The smallest absolute Gasteiger partial charge is 0.297 e. The van der Waals surface area contributed by atoms with Crippen molar-refractivity contribution in [3.05, 3.63) is 46.7 Å². The Morgan fingerprint density at radius 3 is 2.54 bits per heavy atom. The number of para-hydroxylation sites is 1. The number of rotatable bonds is 4. The number of halogens is 2. The monoisotopic (exact) mass is 375 g/mol. The summed E-state index contributed by atoms with van der Waals surface area (Å²) in [6, 6.07) is 7.61. The minimum Gasteiger partial charge on any atom is -0.353 e. The van der Waals surface area contributed by atoms with E-state index in [4.69, 9.17) is 0 Å².